The number of likely N-dealkylation sites (tertiary alicyclic amines) is 1. The van der Waals surface area contributed by atoms with Crippen molar-refractivity contribution in [2.45, 2.75) is 25.3 Å². The average Bonchev–Trinajstić information content (AvgIpc) is 3.26. The third-order valence-corrected chi connectivity index (χ3v) is 4.87. The molecule has 3 heterocycles. The van der Waals surface area contributed by atoms with Gasteiger partial charge in [-0.15, -0.1) is 0 Å². The first-order valence-electron chi connectivity index (χ1n) is 8.58. The molecule has 1 saturated heterocycles. The highest BCUT2D eigenvalue weighted by molar-refractivity contribution is 5.37. The van der Waals surface area contributed by atoms with E-state index in [1.54, 1.807) is 6.33 Å². The Labute approximate surface area is 137 Å². The van der Waals surface area contributed by atoms with Crippen molar-refractivity contribution in [1.29, 1.82) is 0 Å². The van der Waals surface area contributed by atoms with E-state index < -0.39 is 0 Å². The van der Waals surface area contributed by atoms with Gasteiger partial charge in [0, 0.05) is 25.6 Å². The maximum Gasteiger partial charge on any atom is 0.119 e. The van der Waals surface area contributed by atoms with Gasteiger partial charge in [-0.05, 0) is 43.6 Å². The van der Waals surface area contributed by atoms with Crippen molar-refractivity contribution < 1.29 is 4.74 Å². The monoisotopic (exact) mass is 312 g/mol. The van der Waals surface area contributed by atoms with Crippen LogP contribution in [0.25, 0.3) is 0 Å². The second kappa shape index (κ2) is 6.72. The number of nitrogens with one attached hydrogen (secondary N) is 2. The number of ether oxygens (including phenoxy) is 1. The lowest BCUT2D eigenvalue weighted by atomic mass is 9.92. The zero-order valence-corrected chi connectivity index (χ0v) is 13.4. The number of aromatic nitrogens is 2. The van der Waals surface area contributed by atoms with E-state index in [-0.39, 0.29) is 0 Å². The summed E-state index contributed by atoms with van der Waals surface area (Å²) in [4.78, 5) is 10.2. The van der Waals surface area contributed by atoms with E-state index in [2.05, 4.69) is 44.5 Å². The van der Waals surface area contributed by atoms with Gasteiger partial charge in [-0.2, -0.15) is 0 Å². The number of benzene rings is 1. The molecule has 0 spiro atoms. The topological polar surface area (TPSA) is 53.2 Å². The fourth-order valence-electron chi connectivity index (χ4n) is 3.61. The zero-order valence-electron chi connectivity index (χ0n) is 13.4. The largest absolute Gasteiger partial charge is 0.492 e. The Balaban J connectivity index is 1.42. The van der Waals surface area contributed by atoms with E-state index in [4.69, 9.17) is 4.74 Å². The van der Waals surface area contributed by atoms with E-state index in [1.165, 1.54) is 37.2 Å². The molecule has 2 N–H and O–H groups in total. The molecule has 0 radical (unpaired) electrons. The molecule has 1 unspecified atom stereocenters. The minimum Gasteiger partial charge on any atom is -0.492 e. The first-order valence-corrected chi connectivity index (χ1v) is 8.58. The normalized spacial score (nSPS) is 21.3. The summed E-state index contributed by atoms with van der Waals surface area (Å²) in [6, 6.07) is 8.47. The van der Waals surface area contributed by atoms with E-state index in [0.717, 1.165) is 37.7 Å². The molecule has 5 heteroatoms. The molecule has 2 aromatic rings. The van der Waals surface area contributed by atoms with E-state index in [0.29, 0.717) is 5.92 Å². The number of H-pyrrole nitrogens is 1. The third kappa shape index (κ3) is 3.26. The van der Waals surface area contributed by atoms with Crippen molar-refractivity contribution in [2.24, 2.45) is 0 Å². The van der Waals surface area contributed by atoms with Crippen LogP contribution < -0.4 is 10.1 Å². The first kappa shape index (κ1) is 14.7. The Kier molecular flexibility index (Phi) is 4.30. The number of rotatable bonds is 5. The number of hydrogen-bond donors (Lipinski definition) is 2. The maximum absolute atomic E-state index is 5.98. The fourth-order valence-corrected chi connectivity index (χ4v) is 3.61. The molecule has 4 rings (SSSR count). The Hall–Kier alpha value is -1.85. The molecule has 0 saturated carbocycles. The van der Waals surface area contributed by atoms with Crippen LogP contribution >= 0.6 is 0 Å². The molecule has 1 fully saturated rings. The zero-order chi connectivity index (χ0) is 15.5. The van der Waals surface area contributed by atoms with E-state index >= 15 is 0 Å². The van der Waals surface area contributed by atoms with E-state index in [1.807, 2.05) is 0 Å². The number of hydrogen-bond acceptors (Lipinski definition) is 4. The Morgan fingerprint density at radius 1 is 1.26 bits per heavy atom. The Morgan fingerprint density at radius 3 is 3.09 bits per heavy atom. The highest BCUT2D eigenvalue weighted by Gasteiger charge is 2.24. The third-order valence-electron chi connectivity index (χ3n) is 4.87. The van der Waals surface area contributed by atoms with Crippen LogP contribution in [0.4, 0.5) is 0 Å². The second-order valence-electron chi connectivity index (χ2n) is 6.42. The van der Waals surface area contributed by atoms with Crippen LogP contribution in [0.5, 0.6) is 5.75 Å². The lowest BCUT2D eigenvalue weighted by molar-refractivity contribution is 0.237. The summed E-state index contributed by atoms with van der Waals surface area (Å²) in [5, 5.41) is 3.46. The highest BCUT2D eigenvalue weighted by atomic mass is 16.5. The summed E-state index contributed by atoms with van der Waals surface area (Å²) in [5.41, 5.74) is 3.63. The van der Waals surface area contributed by atoms with Gasteiger partial charge in [-0.25, -0.2) is 4.98 Å². The lowest BCUT2D eigenvalue weighted by Crippen LogP contribution is -2.29. The quantitative estimate of drug-likeness (QED) is 0.888. The molecule has 2 aliphatic rings. The molecule has 23 heavy (non-hydrogen) atoms. The molecule has 0 aliphatic carbocycles. The molecule has 0 amide bonds. The van der Waals surface area contributed by atoms with Gasteiger partial charge in [-0.1, -0.05) is 12.1 Å². The van der Waals surface area contributed by atoms with Gasteiger partial charge in [-0.3, -0.25) is 4.90 Å². The SMILES string of the molecule is c1cc(OCCN2CCCC2)cc(C2CNCc3[nH]cnc32)c1. The number of nitrogens with zero attached hydrogens (tertiary/aromatic N) is 2. The van der Waals surface area contributed by atoms with Gasteiger partial charge in [0.15, 0.2) is 0 Å². The number of imidazole rings is 1. The van der Waals surface area contributed by atoms with Crippen LogP contribution in [-0.2, 0) is 6.54 Å². The van der Waals surface area contributed by atoms with Crippen molar-refractivity contribution in [3.05, 3.63) is 47.5 Å². The molecule has 0 bridgehead atoms. The van der Waals surface area contributed by atoms with Crippen molar-refractivity contribution in [3.63, 3.8) is 0 Å². The Bertz CT molecular complexity index is 648. The van der Waals surface area contributed by atoms with E-state index in [9.17, 15) is 0 Å². The maximum atomic E-state index is 5.98. The van der Waals surface area contributed by atoms with Gasteiger partial charge in [0.2, 0.25) is 0 Å². The van der Waals surface area contributed by atoms with Crippen LogP contribution in [0.3, 0.4) is 0 Å². The molecule has 1 atom stereocenters. The summed E-state index contributed by atoms with van der Waals surface area (Å²) in [5.74, 6) is 1.26. The summed E-state index contributed by atoms with van der Waals surface area (Å²) in [6.45, 7) is 6.03. The fraction of sp³-hybridized carbons (Fsp3) is 0.500. The van der Waals surface area contributed by atoms with Crippen molar-refractivity contribution in [2.75, 3.05) is 32.8 Å². The molecule has 5 nitrogen and oxygen atoms in total. The summed E-state index contributed by atoms with van der Waals surface area (Å²) in [7, 11) is 0. The average molecular weight is 312 g/mol. The highest BCUT2D eigenvalue weighted by Crippen LogP contribution is 2.29. The molecule has 1 aromatic heterocycles. The summed E-state index contributed by atoms with van der Waals surface area (Å²) in [6.07, 6.45) is 4.45. The number of fused-ring (bicyclic) bond motifs is 1. The predicted molar refractivity (Wildman–Crippen MR) is 89.7 cm³/mol. The molecular formula is C18H24N4O. The molecule has 2 aliphatic heterocycles. The minimum absolute atomic E-state index is 0.298. The van der Waals surface area contributed by atoms with Crippen molar-refractivity contribution >= 4 is 0 Å². The standard InChI is InChI=1S/C18H24N4O/c1-2-7-22(6-1)8-9-23-15-5-3-4-14(10-15)16-11-19-12-17-18(16)21-13-20-17/h3-5,10,13,16,19H,1-2,6-9,11-12H2,(H,20,21). The van der Waals surface area contributed by atoms with Gasteiger partial charge in [0.1, 0.15) is 12.4 Å². The van der Waals surface area contributed by atoms with Gasteiger partial charge < -0.3 is 15.0 Å². The molecule has 122 valence electrons. The summed E-state index contributed by atoms with van der Waals surface area (Å²) < 4.78 is 5.98. The van der Waals surface area contributed by atoms with Crippen LogP contribution in [0.2, 0.25) is 0 Å². The lowest BCUT2D eigenvalue weighted by Gasteiger charge is -2.23. The van der Waals surface area contributed by atoms with Crippen LogP contribution in [0, 0.1) is 0 Å². The smallest absolute Gasteiger partial charge is 0.119 e. The minimum atomic E-state index is 0.298. The first-order chi connectivity index (χ1) is 11.4. The van der Waals surface area contributed by atoms with Crippen molar-refractivity contribution in [1.82, 2.24) is 20.2 Å². The van der Waals surface area contributed by atoms with Gasteiger partial charge in [0.05, 0.1) is 17.7 Å². The van der Waals surface area contributed by atoms with Gasteiger partial charge >= 0.3 is 0 Å². The summed E-state index contributed by atoms with van der Waals surface area (Å²) >= 11 is 0. The van der Waals surface area contributed by atoms with Crippen LogP contribution in [0.15, 0.2) is 30.6 Å². The van der Waals surface area contributed by atoms with Gasteiger partial charge in [0.25, 0.3) is 0 Å². The molecular weight excluding hydrogens is 288 g/mol. The van der Waals surface area contributed by atoms with Crippen LogP contribution in [0.1, 0.15) is 35.7 Å². The number of aromatic amines is 1. The van der Waals surface area contributed by atoms with Crippen LogP contribution in [-0.4, -0.2) is 47.7 Å². The molecule has 1 aromatic carbocycles. The Morgan fingerprint density at radius 2 is 2.17 bits per heavy atom. The predicted octanol–water partition coefficient (Wildman–Crippen LogP) is 2.12. The van der Waals surface area contributed by atoms with Crippen molar-refractivity contribution in [3.8, 4) is 5.75 Å². The second-order valence-corrected chi connectivity index (χ2v) is 6.42.